The van der Waals surface area contributed by atoms with Crippen molar-refractivity contribution in [2.24, 2.45) is 0 Å². The van der Waals surface area contributed by atoms with E-state index in [1.165, 1.54) is 10.9 Å². The van der Waals surface area contributed by atoms with Gasteiger partial charge in [0.05, 0.1) is 6.04 Å². The number of fused-ring (bicyclic) bond motifs is 1. The Morgan fingerprint density at radius 3 is 2.85 bits per heavy atom. The van der Waals surface area contributed by atoms with Crippen LogP contribution < -0.4 is 4.74 Å². The van der Waals surface area contributed by atoms with Gasteiger partial charge in [0, 0.05) is 22.4 Å². The molecule has 0 radical (unpaired) electrons. The highest BCUT2D eigenvalue weighted by molar-refractivity contribution is 7.10. The third-order valence-corrected chi connectivity index (χ3v) is 6.27. The van der Waals surface area contributed by atoms with Crippen LogP contribution in [0.15, 0.2) is 47.2 Å². The van der Waals surface area contributed by atoms with E-state index in [0.717, 1.165) is 29.0 Å². The van der Waals surface area contributed by atoms with Gasteiger partial charge < -0.3 is 9.64 Å². The lowest BCUT2D eigenvalue weighted by Crippen LogP contribution is -2.42. The van der Waals surface area contributed by atoms with Crippen molar-refractivity contribution in [3.63, 3.8) is 0 Å². The van der Waals surface area contributed by atoms with Crippen molar-refractivity contribution in [2.75, 3.05) is 13.2 Å². The molecule has 7 heteroatoms. The molecule has 26 heavy (non-hydrogen) atoms. The monoisotopic (exact) mass is 391 g/mol. The summed E-state index contributed by atoms with van der Waals surface area (Å²) in [5.74, 6) is -1.84. The second-order valence-electron chi connectivity index (χ2n) is 5.92. The summed E-state index contributed by atoms with van der Waals surface area (Å²) in [5, 5.41) is 4.03. The molecule has 0 saturated carbocycles. The van der Waals surface area contributed by atoms with Crippen molar-refractivity contribution in [3.05, 3.63) is 74.1 Å². The number of halogens is 2. The second-order valence-corrected chi connectivity index (χ2v) is 7.90. The summed E-state index contributed by atoms with van der Waals surface area (Å²) in [7, 11) is 0. The zero-order chi connectivity index (χ0) is 18.1. The van der Waals surface area contributed by atoms with E-state index in [1.807, 2.05) is 22.9 Å². The Kier molecular flexibility index (Phi) is 4.74. The second kappa shape index (κ2) is 7.17. The number of rotatable bonds is 4. The highest BCUT2D eigenvalue weighted by Crippen LogP contribution is 2.39. The van der Waals surface area contributed by atoms with Gasteiger partial charge in [-0.15, -0.1) is 22.7 Å². The Bertz CT molecular complexity index is 924. The molecule has 3 heterocycles. The molecule has 0 spiro atoms. The molecular weight excluding hydrogens is 376 g/mol. The highest BCUT2D eigenvalue weighted by atomic mass is 32.1. The summed E-state index contributed by atoms with van der Waals surface area (Å²) in [4.78, 5) is 17.0. The summed E-state index contributed by atoms with van der Waals surface area (Å²) >= 11 is 3.31. The average Bonchev–Trinajstić information content (AvgIpc) is 3.31. The molecule has 0 saturated heterocycles. The van der Waals surface area contributed by atoms with Gasteiger partial charge in [-0.3, -0.25) is 4.79 Å². The van der Waals surface area contributed by atoms with Crippen molar-refractivity contribution in [2.45, 2.75) is 12.5 Å². The molecule has 0 N–H and O–H groups in total. The van der Waals surface area contributed by atoms with E-state index >= 15 is 0 Å². The number of nitrogens with zero attached hydrogens (tertiary/aromatic N) is 1. The first-order valence-electron chi connectivity index (χ1n) is 8.10. The van der Waals surface area contributed by atoms with Crippen LogP contribution in [0.2, 0.25) is 0 Å². The Labute approximate surface area is 157 Å². The maximum Gasteiger partial charge on any atom is 0.261 e. The van der Waals surface area contributed by atoms with Gasteiger partial charge in [0.2, 0.25) is 0 Å². The molecular formula is C19H15F2NO2S2. The van der Waals surface area contributed by atoms with Crippen LogP contribution in [0.3, 0.4) is 0 Å². The minimum atomic E-state index is -0.814. The first kappa shape index (κ1) is 17.2. The Morgan fingerprint density at radius 2 is 2.08 bits per heavy atom. The van der Waals surface area contributed by atoms with Crippen LogP contribution in [-0.4, -0.2) is 24.0 Å². The summed E-state index contributed by atoms with van der Waals surface area (Å²) in [5.41, 5.74) is 1.14. The molecule has 134 valence electrons. The van der Waals surface area contributed by atoms with Crippen molar-refractivity contribution in [1.29, 1.82) is 0 Å². The third kappa shape index (κ3) is 3.24. The molecule has 1 amide bonds. The third-order valence-electron chi connectivity index (χ3n) is 4.34. The smallest absolute Gasteiger partial charge is 0.261 e. The van der Waals surface area contributed by atoms with E-state index in [4.69, 9.17) is 4.74 Å². The molecule has 0 fully saturated rings. The number of carbonyl (C=O) groups is 1. The topological polar surface area (TPSA) is 29.5 Å². The van der Waals surface area contributed by atoms with Gasteiger partial charge in [0.15, 0.2) is 18.2 Å². The quantitative estimate of drug-likeness (QED) is 0.648. The van der Waals surface area contributed by atoms with Crippen LogP contribution in [0.4, 0.5) is 8.78 Å². The maximum absolute atomic E-state index is 13.7. The SMILES string of the molecule is O=C(COc1ccc(F)cc1F)N1CCc2sccc2C1c1cccs1. The van der Waals surface area contributed by atoms with Gasteiger partial charge in [0.25, 0.3) is 5.91 Å². The largest absolute Gasteiger partial charge is 0.481 e. The lowest BCUT2D eigenvalue weighted by Gasteiger charge is -2.35. The van der Waals surface area contributed by atoms with Gasteiger partial charge in [-0.1, -0.05) is 6.07 Å². The summed E-state index contributed by atoms with van der Waals surface area (Å²) in [6.45, 7) is 0.300. The normalized spacial score (nSPS) is 16.4. The number of benzene rings is 1. The van der Waals surface area contributed by atoms with E-state index in [2.05, 4.69) is 6.07 Å². The lowest BCUT2D eigenvalue weighted by atomic mass is 9.98. The molecule has 1 aliphatic heterocycles. The van der Waals surface area contributed by atoms with Gasteiger partial charge in [-0.05, 0) is 47.0 Å². The van der Waals surface area contributed by atoms with Crippen LogP contribution in [0, 0.1) is 11.6 Å². The highest BCUT2D eigenvalue weighted by Gasteiger charge is 2.33. The molecule has 3 aromatic rings. The van der Waals surface area contributed by atoms with E-state index in [-0.39, 0.29) is 24.3 Å². The van der Waals surface area contributed by atoms with Crippen molar-refractivity contribution in [1.82, 2.24) is 4.90 Å². The molecule has 3 nitrogen and oxygen atoms in total. The molecule has 0 aliphatic carbocycles. The first-order chi connectivity index (χ1) is 12.6. The molecule has 0 bridgehead atoms. The summed E-state index contributed by atoms with van der Waals surface area (Å²) in [6, 6.07) is 8.95. The van der Waals surface area contributed by atoms with Gasteiger partial charge in [-0.2, -0.15) is 0 Å². The van der Waals surface area contributed by atoms with Gasteiger partial charge >= 0.3 is 0 Å². The molecule has 4 rings (SSSR count). The van der Waals surface area contributed by atoms with Gasteiger partial charge in [-0.25, -0.2) is 8.78 Å². The first-order valence-corrected chi connectivity index (χ1v) is 9.86. The molecule has 1 atom stereocenters. The fourth-order valence-corrected chi connectivity index (χ4v) is 4.91. The lowest BCUT2D eigenvalue weighted by molar-refractivity contribution is -0.135. The zero-order valence-corrected chi connectivity index (χ0v) is 15.3. The fourth-order valence-electron chi connectivity index (χ4n) is 3.15. The van der Waals surface area contributed by atoms with Crippen LogP contribution >= 0.6 is 22.7 Å². The Balaban J connectivity index is 1.55. The molecule has 2 aromatic heterocycles. The van der Waals surface area contributed by atoms with Crippen LogP contribution in [0.1, 0.15) is 21.4 Å². The van der Waals surface area contributed by atoms with Gasteiger partial charge in [0.1, 0.15) is 5.82 Å². The van der Waals surface area contributed by atoms with Crippen LogP contribution in [-0.2, 0) is 11.2 Å². The number of amides is 1. The summed E-state index contributed by atoms with van der Waals surface area (Å²) < 4.78 is 32.0. The molecule has 1 unspecified atom stereocenters. The van der Waals surface area contributed by atoms with Crippen LogP contribution in [0.25, 0.3) is 0 Å². The van der Waals surface area contributed by atoms with Crippen LogP contribution in [0.5, 0.6) is 5.75 Å². The summed E-state index contributed by atoms with van der Waals surface area (Å²) in [6.07, 6.45) is 0.797. The van der Waals surface area contributed by atoms with E-state index in [1.54, 1.807) is 27.6 Å². The molecule has 1 aromatic carbocycles. The number of hydrogen-bond donors (Lipinski definition) is 0. The average molecular weight is 391 g/mol. The minimum absolute atomic E-state index is 0.124. The van der Waals surface area contributed by atoms with E-state index in [0.29, 0.717) is 6.54 Å². The predicted octanol–water partition coefficient (Wildman–Crippen LogP) is 4.64. The number of ether oxygens (including phenoxy) is 1. The Morgan fingerprint density at radius 1 is 1.19 bits per heavy atom. The zero-order valence-electron chi connectivity index (χ0n) is 13.7. The molecule has 1 aliphatic rings. The number of hydrogen-bond acceptors (Lipinski definition) is 4. The number of carbonyl (C=O) groups excluding carboxylic acids is 1. The predicted molar refractivity (Wildman–Crippen MR) is 97.8 cm³/mol. The fraction of sp³-hybridized carbons (Fsp3) is 0.211. The van der Waals surface area contributed by atoms with E-state index < -0.39 is 11.6 Å². The Hall–Kier alpha value is -2.25. The number of thiophene rings is 2. The van der Waals surface area contributed by atoms with Crippen molar-refractivity contribution in [3.8, 4) is 5.75 Å². The standard InChI is InChI=1S/C19H15F2NO2S2/c20-12-3-4-15(14(21)10-12)24-11-18(23)22-7-5-16-13(6-9-26-16)19(22)17-2-1-8-25-17/h1-4,6,8-10,19H,5,7,11H2. The van der Waals surface area contributed by atoms with Crippen molar-refractivity contribution < 1.29 is 18.3 Å². The van der Waals surface area contributed by atoms with E-state index in [9.17, 15) is 13.6 Å². The maximum atomic E-state index is 13.7. The minimum Gasteiger partial charge on any atom is -0.481 e. The van der Waals surface area contributed by atoms with Crippen molar-refractivity contribution >= 4 is 28.6 Å².